The van der Waals surface area contributed by atoms with Crippen LogP contribution in [0.2, 0.25) is 0 Å². The van der Waals surface area contributed by atoms with Crippen molar-refractivity contribution in [3.63, 3.8) is 0 Å². The van der Waals surface area contributed by atoms with Gasteiger partial charge in [0.2, 0.25) is 0 Å². The number of hydrogen-bond donors (Lipinski definition) is 1. The molecule has 0 aromatic heterocycles. The van der Waals surface area contributed by atoms with E-state index in [0.717, 1.165) is 0 Å². The third-order valence-electron chi connectivity index (χ3n) is 2.35. The van der Waals surface area contributed by atoms with Gasteiger partial charge >= 0.3 is 0 Å². The van der Waals surface area contributed by atoms with Crippen molar-refractivity contribution in [3.05, 3.63) is 24.3 Å². The molecule has 14 heavy (non-hydrogen) atoms. The van der Waals surface area contributed by atoms with Gasteiger partial charge in [-0.2, -0.15) is 0 Å². The molecule has 2 heteroatoms. The van der Waals surface area contributed by atoms with Crippen molar-refractivity contribution in [3.8, 4) is 11.5 Å². The average Bonchev–Trinajstić information content (AvgIpc) is 2.02. The zero-order valence-electron chi connectivity index (χ0n) is 9.24. The lowest BCUT2D eigenvalue weighted by molar-refractivity contribution is 0.103. The number of hydrogen-bond acceptors (Lipinski definition) is 2. The van der Waals surface area contributed by atoms with E-state index in [1.54, 1.807) is 18.2 Å². The van der Waals surface area contributed by atoms with E-state index in [4.69, 9.17) is 4.74 Å². The fourth-order valence-electron chi connectivity index (χ4n) is 0.938. The second-order valence-corrected chi connectivity index (χ2v) is 4.62. The monoisotopic (exact) mass is 194 g/mol. The van der Waals surface area contributed by atoms with Gasteiger partial charge in [-0.25, -0.2) is 0 Å². The summed E-state index contributed by atoms with van der Waals surface area (Å²) in [6.45, 7) is 8.41. The molecule has 0 aliphatic heterocycles. The predicted molar refractivity (Wildman–Crippen MR) is 57.7 cm³/mol. The number of phenols is 1. The molecule has 0 aliphatic carbocycles. The first kappa shape index (κ1) is 10.9. The molecular weight excluding hydrogens is 176 g/mol. The Morgan fingerprint density at radius 3 is 2.43 bits per heavy atom. The van der Waals surface area contributed by atoms with Crippen LogP contribution in [0.5, 0.6) is 11.5 Å². The molecule has 1 rings (SSSR count). The van der Waals surface area contributed by atoms with Gasteiger partial charge in [0, 0.05) is 6.07 Å². The number of aromatic hydroxyl groups is 1. The molecule has 78 valence electrons. The highest BCUT2D eigenvalue weighted by Crippen LogP contribution is 2.26. The van der Waals surface area contributed by atoms with Gasteiger partial charge in [0.25, 0.3) is 0 Å². The molecule has 0 fully saturated rings. The Morgan fingerprint density at radius 2 is 1.93 bits per heavy atom. The molecule has 0 bridgehead atoms. The highest BCUT2D eigenvalue weighted by molar-refractivity contribution is 5.31. The van der Waals surface area contributed by atoms with Gasteiger partial charge in [0.1, 0.15) is 17.6 Å². The van der Waals surface area contributed by atoms with Crippen LogP contribution in [-0.2, 0) is 0 Å². The summed E-state index contributed by atoms with van der Waals surface area (Å²) in [6.07, 6.45) is 0.115. The largest absolute Gasteiger partial charge is 0.508 e. The summed E-state index contributed by atoms with van der Waals surface area (Å²) < 4.78 is 5.70. The quantitative estimate of drug-likeness (QED) is 0.783. The summed E-state index contributed by atoms with van der Waals surface area (Å²) in [5.74, 6) is 0.955. The molecule has 0 heterocycles. The molecule has 1 atom stereocenters. The van der Waals surface area contributed by atoms with Gasteiger partial charge in [-0.1, -0.05) is 26.8 Å². The van der Waals surface area contributed by atoms with Crippen molar-refractivity contribution < 1.29 is 9.84 Å². The van der Waals surface area contributed by atoms with E-state index in [9.17, 15) is 5.11 Å². The van der Waals surface area contributed by atoms with E-state index in [1.165, 1.54) is 0 Å². The molecule has 0 radical (unpaired) electrons. The lowest BCUT2D eigenvalue weighted by atomic mass is 9.90. The summed E-state index contributed by atoms with van der Waals surface area (Å²) in [6, 6.07) is 6.89. The molecular formula is C12H18O2. The first-order valence-corrected chi connectivity index (χ1v) is 4.85. The van der Waals surface area contributed by atoms with Crippen LogP contribution in [-0.4, -0.2) is 11.2 Å². The highest BCUT2D eigenvalue weighted by atomic mass is 16.5. The van der Waals surface area contributed by atoms with Crippen LogP contribution in [0.25, 0.3) is 0 Å². The Morgan fingerprint density at radius 1 is 1.29 bits per heavy atom. The Balaban J connectivity index is 2.70. The summed E-state index contributed by atoms with van der Waals surface area (Å²) in [7, 11) is 0. The molecule has 0 saturated carbocycles. The predicted octanol–water partition coefficient (Wildman–Crippen LogP) is 3.21. The topological polar surface area (TPSA) is 29.5 Å². The minimum Gasteiger partial charge on any atom is -0.508 e. The second-order valence-electron chi connectivity index (χ2n) is 4.62. The van der Waals surface area contributed by atoms with Gasteiger partial charge in [0.05, 0.1) is 0 Å². The molecule has 0 saturated heterocycles. The van der Waals surface area contributed by atoms with Crippen LogP contribution in [0.4, 0.5) is 0 Å². The first-order valence-electron chi connectivity index (χ1n) is 4.85. The Labute approximate surface area is 85.5 Å². The van der Waals surface area contributed by atoms with Crippen molar-refractivity contribution in [2.45, 2.75) is 33.8 Å². The van der Waals surface area contributed by atoms with Crippen molar-refractivity contribution in [2.75, 3.05) is 0 Å². The summed E-state index contributed by atoms with van der Waals surface area (Å²) >= 11 is 0. The van der Waals surface area contributed by atoms with Gasteiger partial charge in [-0.15, -0.1) is 0 Å². The van der Waals surface area contributed by atoms with E-state index < -0.39 is 0 Å². The van der Waals surface area contributed by atoms with E-state index in [2.05, 4.69) is 20.8 Å². The Bertz CT molecular complexity index is 299. The zero-order chi connectivity index (χ0) is 10.8. The van der Waals surface area contributed by atoms with Gasteiger partial charge in [-0.05, 0) is 24.5 Å². The molecule has 0 amide bonds. The second kappa shape index (κ2) is 3.91. The summed E-state index contributed by atoms with van der Waals surface area (Å²) in [4.78, 5) is 0. The standard InChI is InChI=1S/C12H18O2/c1-9(12(2,3)4)14-11-7-5-6-10(13)8-11/h5-9,13H,1-4H3. The van der Waals surface area contributed by atoms with Crippen molar-refractivity contribution in [2.24, 2.45) is 5.41 Å². The SMILES string of the molecule is CC(Oc1cccc(O)c1)C(C)(C)C. The minimum atomic E-state index is 0.103. The highest BCUT2D eigenvalue weighted by Gasteiger charge is 2.21. The summed E-state index contributed by atoms with van der Waals surface area (Å²) in [5.41, 5.74) is 0.103. The minimum absolute atomic E-state index is 0.103. The normalized spacial score (nSPS) is 13.7. The van der Waals surface area contributed by atoms with Gasteiger partial charge in [-0.3, -0.25) is 0 Å². The Hall–Kier alpha value is -1.18. The lowest BCUT2D eigenvalue weighted by Crippen LogP contribution is -2.28. The first-order chi connectivity index (χ1) is 6.39. The molecule has 1 N–H and O–H groups in total. The average molecular weight is 194 g/mol. The van der Waals surface area contributed by atoms with E-state index in [-0.39, 0.29) is 17.3 Å². The zero-order valence-corrected chi connectivity index (χ0v) is 9.24. The maximum atomic E-state index is 9.25. The molecule has 0 aliphatic rings. The molecule has 1 aromatic rings. The van der Waals surface area contributed by atoms with Gasteiger partial charge < -0.3 is 9.84 Å². The fourth-order valence-corrected chi connectivity index (χ4v) is 0.938. The van der Waals surface area contributed by atoms with E-state index in [1.807, 2.05) is 13.0 Å². The molecule has 2 nitrogen and oxygen atoms in total. The van der Waals surface area contributed by atoms with Crippen LogP contribution in [0.1, 0.15) is 27.7 Å². The van der Waals surface area contributed by atoms with Crippen molar-refractivity contribution in [1.82, 2.24) is 0 Å². The molecule has 1 unspecified atom stereocenters. The van der Waals surface area contributed by atoms with Crippen LogP contribution in [0.15, 0.2) is 24.3 Å². The van der Waals surface area contributed by atoms with Crippen molar-refractivity contribution in [1.29, 1.82) is 0 Å². The van der Waals surface area contributed by atoms with Crippen LogP contribution < -0.4 is 4.74 Å². The number of benzene rings is 1. The van der Waals surface area contributed by atoms with Crippen molar-refractivity contribution >= 4 is 0 Å². The van der Waals surface area contributed by atoms with Crippen LogP contribution in [0, 0.1) is 5.41 Å². The van der Waals surface area contributed by atoms with Gasteiger partial charge in [0.15, 0.2) is 0 Å². The Kier molecular flexibility index (Phi) is 3.04. The number of ether oxygens (including phenoxy) is 1. The maximum absolute atomic E-state index is 9.25. The third kappa shape index (κ3) is 2.95. The maximum Gasteiger partial charge on any atom is 0.123 e. The number of rotatable bonds is 2. The third-order valence-corrected chi connectivity index (χ3v) is 2.35. The van der Waals surface area contributed by atoms with Crippen LogP contribution >= 0.6 is 0 Å². The summed E-state index contributed by atoms with van der Waals surface area (Å²) in [5, 5.41) is 9.25. The lowest BCUT2D eigenvalue weighted by Gasteiger charge is -2.27. The smallest absolute Gasteiger partial charge is 0.123 e. The number of phenolic OH excluding ortho intramolecular Hbond substituents is 1. The van der Waals surface area contributed by atoms with E-state index >= 15 is 0 Å². The van der Waals surface area contributed by atoms with E-state index in [0.29, 0.717) is 5.75 Å². The molecule has 1 aromatic carbocycles. The fraction of sp³-hybridized carbons (Fsp3) is 0.500. The van der Waals surface area contributed by atoms with Crippen LogP contribution in [0.3, 0.4) is 0 Å². The molecule has 0 spiro atoms.